The first-order valence-corrected chi connectivity index (χ1v) is 11.2. The highest BCUT2D eigenvalue weighted by atomic mass is 32.1. The number of rotatable bonds is 4. The molecule has 0 atom stereocenters. The molecule has 2 aliphatic rings. The number of aryl methyl sites for hydroxylation is 1. The summed E-state index contributed by atoms with van der Waals surface area (Å²) in [5, 5.41) is 6.74. The molecule has 3 aromatic rings. The molecule has 0 radical (unpaired) electrons. The molecule has 0 bridgehead atoms. The van der Waals surface area contributed by atoms with Crippen LogP contribution < -0.4 is 5.73 Å². The SMILES string of the molecule is Nc1cccc(-c2cc3c(s2)CCOC32CCN(C(=O)CCc3cn[nH]c3)CC2)n1. The van der Waals surface area contributed by atoms with Crippen LogP contribution in [0, 0.1) is 0 Å². The number of nitrogen functional groups attached to an aromatic ring is 1. The van der Waals surface area contributed by atoms with Gasteiger partial charge in [-0.05, 0) is 48.6 Å². The fourth-order valence-electron chi connectivity index (χ4n) is 4.49. The molecule has 1 saturated heterocycles. The molecule has 0 aliphatic carbocycles. The molecule has 8 heteroatoms. The van der Waals surface area contributed by atoms with Gasteiger partial charge in [0, 0.05) is 37.0 Å². The number of aromatic amines is 1. The van der Waals surface area contributed by atoms with E-state index in [1.165, 1.54) is 10.4 Å². The summed E-state index contributed by atoms with van der Waals surface area (Å²) in [4.78, 5) is 21.6. The topological polar surface area (TPSA) is 97.1 Å². The number of fused-ring (bicyclic) bond motifs is 2. The number of nitrogens with one attached hydrogen (secondary N) is 1. The molecule has 30 heavy (non-hydrogen) atoms. The summed E-state index contributed by atoms with van der Waals surface area (Å²) in [7, 11) is 0. The summed E-state index contributed by atoms with van der Waals surface area (Å²) < 4.78 is 6.36. The number of carbonyl (C=O) groups is 1. The van der Waals surface area contributed by atoms with Crippen molar-refractivity contribution in [2.24, 2.45) is 0 Å². The lowest BCUT2D eigenvalue weighted by atomic mass is 9.82. The largest absolute Gasteiger partial charge is 0.384 e. The smallest absolute Gasteiger partial charge is 0.222 e. The number of nitrogens with zero attached hydrogens (tertiary/aromatic N) is 3. The Balaban J connectivity index is 1.30. The van der Waals surface area contributed by atoms with E-state index in [9.17, 15) is 4.79 Å². The predicted molar refractivity (Wildman–Crippen MR) is 116 cm³/mol. The third-order valence-electron chi connectivity index (χ3n) is 6.14. The van der Waals surface area contributed by atoms with Gasteiger partial charge < -0.3 is 15.4 Å². The van der Waals surface area contributed by atoms with Crippen LogP contribution in [0.25, 0.3) is 10.6 Å². The number of hydrogen-bond donors (Lipinski definition) is 2. The van der Waals surface area contributed by atoms with Gasteiger partial charge in [-0.2, -0.15) is 5.10 Å². The Hall–Kier alpha value is -2.71. The van der Waals surface area contributed by atoms with Crippen LogP contribution in [-0.4, -0.2) is 45.7 Å². The molecule has 3 aromatic heterocycles. The number of piperidine rings is 1. The predicted octanol–water partition coefficient (Wildman–Crippen LogP) is 3.14. The second-order valence-corrected chi connectivity index (χ2v) is 9.11. The Morgan fingerprint density at radius 2 is 2.20 bits per heavy atom. The Kier molecular flexibility index (Phi) is 5.04. The number of ether oxygens (including phenoxy) is 1. The Morgan fingerprint density at radius 3 is 2.97 bits per heavy atom. The fraction of sp³-hybridized carbons (Fsp3) is 0.409. The molecule has 0 unspecified atom stereocenters. The summed E-state index contributed by atoms with van der Waals surface area (Å²) in [5.41, 5.74) is 8.85. The van der Waals surface area contributed by atoms with Crippen molar-refractivity contribution in [3.8, 4) is 10.6 Å². The quantitative estimate of drug-likeness (QED) is 0.672. The van der Waals surface area contributed by atoms with Gasteiger partial charge in [-0.15, -0.1) is 11.3 Å². The maximum Gasteiger partial charge on any atom is 0.222 e. The normalized spacial score (nSPS) is 17.8. The van der Waals surface area contributed by atoms with Crippen molar-refractivity contribution in [3.63, 3.8) is 0 Å². The number of nitrogens with two attached hydrogens (primary N) is 1. The molecule has 0 aromatic carbocycles. The van der Waals surface area contributed by atoms with E-state index in [-0.39, 0.29) is 11.5 Å². The van der Waals surface area contributed by atoms with Gasteiger partial charge in [0.2, 0.25) is 5.91 Å². The van der Waals surface area contributed by atoms with E-state index in [0.29, 0.717) is 12.2 Å². The van der Waals surface area contributed by atoms with Crippen LogP contribution in [0.5, 0.6) is 0 Å². The Labute approximate surface area is 179 Å². The van der Waals surface area contributed by atoms with Crippen LogP contribution in [-0.2, 0) is 28.0 Å². The molecule has 7 nitrogen and oxygen atoms in total. The number of likely N-dealkylation sites (tertiary alicyclic amines) is 1. The van der Waals surface area contributed by atoms with E-state index >= 15 is 0 Å². The third-order valence-corrected chi connectivity index (χ3v) is 7.35. The van der Waals surface area contributed by atoms with Gasteiger partial charge in [-0.1, -0.05) is 6.07 Å². The number of aromatic nitrogens is 3. The van der Waals surface area contributed by atoms with E-state index in [1.54, 1.807) is 23.6 Å². The lowest BCUT2D eigenvalue weighted by Crippen LogP contribution is -2.48. The van der Waals surface area contributed by atoms with Gasteiger partial charge in [0.1, 0.15) is 5.82 Å². The van der Waals surface area contributed by atoms with Crippen molar-refractivity contribution < 1.29 is 9.53 Å². The standard InChI is InChI=1S/C22H25N5O2S/c23-20-3-1-2-17(26-20)19-12-16-18(30-19)6-11-29-22(16)7-9-27(10-8-22)21(28)5-4-15-13-24-25-14-15/h1-3,12-14H,4-11H2,(H2,23,26)(H,24,25). The first-order chi connectivity index (χ1) is 14.6. The molecule has 5 heterocycles. The summed E-state index contributed by atoms with van der Waals surface area (Å²) in [5.74, 6) is 0.740. The minimum Gasteiger partial charge on any atom is -0.384 e. The van der Waals surface area contributed by atoms with Crippen LogP contribution in [0.2, 0.25) is 0 Å². The summed E-state index contributed by atoms with van der Waals surface area (Å²) >= 11 is 1.79. The summed E-state index contributed by atoms with van der Waals surface area (Å²) in [6.07, 6.45) is 7.45. The molecule has 2 aliphatic heterocycles. The molecule has 5 rings (SSSR count). The number of pyridine rings is 1. The van der Waals surface area contributed by atoms with E-state index in [0.717, 1.165) is 61.5 Å². The first kappa shape index (κ1) is 19.3. The molecular formula is C22H25N5O2S. The maximum atomic E-state index is 12.7. The average molecular weight is 424 g/mol. The van der Waals surface area contributed by atoms with Gasteiger partial charge in [0.05, 0.1) is 29.0 Å². The minimum atomic E-state index is -0.288. The number of amides is 1. The van der Waals surface area contributed by atoms with Crippen LogP contribution >= 0.6 is 11.3 Å². The third kappa shape index (κ3) is 3.61. The van der Waals surface area contributed by atoms with Crippen molar-refractivity contribution in [2.75, 3.05) is 25.4 Å². The van der Waals surface area contributed by atoms with E-state index in [2.05, 4.69) is 21.2 Å². The van der Waals surface area contributed by atoms with Crippen molar-refractivity contribution in [2.45, 2.75) is 37.7 Å². The second-order valence-electron chi connectivity index (χ2n) is 7.98. The number of anilines is 1. The van der Waals surface area contributed by atoms with E-state index < -0.39 is 0 Å². The van der Waals surface area contributed by atoms with Crippen LogP contribution in [0.3, 0.4) is 0 Å². The van der Waals surface area contributed by atoms with Crippen molar-refractivity contribution in [3.05, 3.63) is 52.7 Å². The highest BCUT2D eigenvalue weighted by Gasteiger charge is 2.42. The average Bonchev–Trinajstić information content (AvgIpc) is 3.43. The van der Waals surface area contributed by atoms with Crippen LogP contribution in [0.1, 0.15) is 35.3 Å². The number of H-pyrrole nitrogens is 1. The van der Waals surface area contributed by atoms with E-state index in [4.69, 9.17) is 10.5 Å². The van der Waals surface area contributed by atoms with Gasteiger partial charge in [-0.3, -0.25) is 9.89 Å². The molecule has 1 spiro atoms. The van der Waals surface area contributed by atoms with Crippen molar-refractivity contribution in [1.82, 2.24) is 20.1 Å². The monoisotopic (exact) mass is 423 g/mol. The van der Waals surface area contributed by atoms with Crippen LogP contribution in [0.4, 0.5) is 5.82 Å². The van der Waals surface area contributed by atoms with Gasteiger partial charge >= 0.3 is 0 Å². The van der Waals surface area contributed by atoms with Gasteiger partial charge in [-0.25, -0.2) is 4.98 Å². The van der Waals surface area contributed by atoms with Gasteiger partial charge in [0.15, 0.2) is 0 Å². The second kappa shape index (κ2) is 7.85. The lowest BCUT2D eigenvalue weighted by Gasteiger charge is -2.44. The minimum absolute atomic E-state index is 0.206. The zero-order valence-electron chi connectivity index (χ0n) is 16.8. The summed E-state index contributed by atoms with van der Waals surface area (Å²) in [6, 6.07) is 7.98. The van der Waals surface area contributed by atoms with Crippen molar-refractivity contribution >= 4 is 23.1 Å². The maximum absolute atomic E-state index is 12.7. The first-order valence-electron chi connectivity index (χ1n) is 10.4. The number of thiophene rings is 1. The zero-order chi connectivity index (χ0) is 20.6. The molecule has 1 fully saturated rings. The van der Waals surface area contributed by atoms with Gasteiger partial charge in [0.25, 0.3) is 0 Å². The zero-order valence-corrected chi connectivity index (χ0v) is 17.6. The Morgan fingerprint density at radius 1 is 1.33 bits per heavy atom. The molecule has 0 saturated carbocycles. The van der Waals surface area contributed by atoms with E-state index in [1.807, 2.05) is 23.2 Å². The molecule has 1 amide bonds. The lowest BCUT2D eigenvalue weighted by molar-refractivity contribution is -0.140. The number of carbonyl (C=O) groups excluding carboxylic acids is 1. The van der Waals surface area contributed by atoms with Crippen LogP contribution in [0.15, 0.2) is 36.7 Å². The molecule has 3 N–H and O–H groups in total. The summed E-state index contributed by atoms with van der Waals surface area (Å²) in [6.45, 7) is 2.18. The Bertz CT molecular complexity index is 1040. The van der Waals surface area contributed by atoms with Crippen molar-refractivity contribution in [1.29, 1.82) is 0 Å². The highest BCUT2D eigenvalue weighted by molar-refractivity contribution is 7.15. The highest BCUT2D eigenvalue weighted by Crippen LogP contribution is 2.46. The fourth-order valence-corrected chi connectivity index (χ4v) is 5.69. The molecular weight excluding hydrogens is 398 g/mol. The number of hydrogen-bond acceptors (Lipinski definition) is 6. The molecule has 156 valence electrons.